The van der Waals surface area contributed by atoms with Crippen molar-refractivity contribution in [1.82, 2.24) is 0 Å². The first-order valence-corrected chi connectivity index (χ1v) is 3.85. The number of rotatable bonds is 3. The number of hydrogen-bond acceptors (Lipinski definition) is 2. The monoisotopic (exact) mass is 152 g/mol. The van der Waals surface area contributed by atoms with Gasteiger partial charge in [0.15, 0.2) is 0 Å². The molecule has 54 valence electrons. The molecular weight excluding hydrogens is 143 g/mol. The van der Waals surface area contributed by atoms with Gasteiger partial charge in [-0.1, -0.05) is 6.08 Å². The van der Waals surface area contributed by atoms with Gasteiger partial charge in [0.25, 0.3) is 0 Å². The maximum Gasteiger partial charge on any atom is 0.470 e. The number of hydrogen-bond donors (Lipinski definition) is 2. The van der Waals surface area contributed by atoms with E-state index in [0.717, 1.165) is 0 Å². The van der Waals surface area contributed by atoms with E-state index >= 15 is 0 Å². The predicted molar refractivity (Wildman–Crippen MR) is 32.8 cm³/mol. The van der Waals surface area contributed by atoms with Crippen LogP contribution in [0.15, 0.2) is 12.7 Å². The highest BCUT2D eigenvalue weighted by Crippen LogP contribution is 2.37. The van der Waals surface area contributed by atoms with Gasteiger partial charge in [0.1, 0.15) is 0 Å². The number of phosphoric acid groups is 1. The van der Waals surface area contributed by atoms with Crippen LogP contribution in [0.25, 0.3) is 0 Å². The van der Waals surface area contributed by atoms with Gasteiger partial charge < -0.3 is 9.79 Å². The average molecular weight is 152 g/mol. The molecule has 0 saturated heterocycles. The van der Waals surface area contributed by atoms with Gasteiger partial charge in [-0.2, -0.15) is 0 Å². The molecule has 0 aliphatic rings. The molecule has 0 heterocycles. The molecule has 5 heteroatoms. The Morgan fingerprint density at radius 2 is 2.22 bits per heavy atom. The van der Waals surface area contributed by atoms with E-state index in [1.165, 1.54) is 13.0 Å². The van der Waals surface area contributed by atoms with Gasteiger partial charge in [-0.25, -0.2) is 4.57 Å². The highest BCUT2D eigenvalue weighted by molar-refractivity contribution is 7.46. The fourth-order valence-corrected chi connectivity index (χ4v) is 0.779. The molecule has 2 N–H and O–H groups in total. The lowest BCUT2D eigenvalue weighted by atomic mass is 10.4. The van der Waals surface area contributed by atoms with Crippen molar-refractivity contribution in [1.29, 1.82) is 0 Å². The molecular formula is C4H9O4P. The second-order valence-electron chi connectivity index (χ2n) is 1.54. The summed E-state index contributed by atoms with van der Waals surface area (Å²) in [5.74, 6) is 0. The summed E-state index contributed by atoms with van der Waals surface area (Å²) in [5, 5.41) is 0. The molecule has 9 heavy (non-hydrogen) atoms. The average Bonchev–Trinajstić information content (AvgIpc) is 1.62. The lowest BCUT2D eigenvalue weighted by Gasteiger charge is -2.07. The topological polar surface area (TPSA) is 66.8 Å². The predicted octanol–water partition coefficient (Wildman–Crippen LogP) is 0.670. The second-order valence-corrected chi connectivity index (χ2v) is 2.73. The molecule has 0 aliphatic heterocycles. The maximum absolute atomic E-state index is 10.0. The summed E-state index contributed by atoms with van der Waals surface area (Å²) in [5.41, 5.74) is 0. The van der Waals surface area contributed by atoms with Gasteiger partial charge in [0, 0.05) is 0 Å². The summed E-state index contributed by atoms with van der Waals surface area (Å²) in [6.07, 6.45) is 0.699. The van der Waals surface area contributed by atoms with E-state index in [2.05, 4.69) is 11.1 Å². The Labute approximate surface area is 53.4 Å². The van der Waals surface area contributed by atoms with Crippen LogP contribution in [0.5, 0.6) is 0 Å². The fraction of sp³-hybridized carbons (Fsp3) is 0.500. The highest BCUT2D eigenvalue weighted by atomic mass is 31.2. The van der Waals surface area contributed by atoms with Gasteiger partial charge >= 0.3 is 7.82 Å². The molecule has 1 atom stereocenters. The minimum absolute atomic E-state index is 0.606. The van der Waals surface area contributed by atoms with Crippen LogP contribution in [0.1, 0.15) is 6.92 Å². The molecule has 4 nitrogen and oxygen atoms in total. The second kappa shape index (κ2) is 3.13. The fourth-order valence-electron chi connectivity index (χ4n) is 0.260. The third kappa shape index (κ3) is 5.73. The van der Waals surface area contributed by atoms with Gasteiger partial charge in [-0.05, 0) is 6.92 Å². The van der Waals surface area contributed by atoms with Gasteiger partial charge in [-0.15, -0.1) is 6.58 Å². The summed E-state index contributed by atoms with van der Waals surface area (Å²) in [6.45, 7) is 4.77. The molecule has 0 rings (SSSR count). The lowest BCUT2D eigenvalue weighted by molar-refractivity contribution is 0.171. The summed E-state index contributed by atoms with van der Waals surface area (Å²) in [4.78, 5) is 16.3. The summed E-state index contributed by atoms with van der Waals surface area (Å²) in [7, 11) is -4.31. The molecule has 0 radical (unpaired) electrons. The van der Waals surface area contributed by atoms with Crippen LogP contribution in [0, 0.1) is 0 Å². The van der Waals surface area contributed by atoms with E-state index in [1.54, 1.807) is 0 Å². The van der Waals surface area contributed by atoms with Crippen molar-refractivity contribution in [2.24, 2.45) is 0 Å². The van der Waals surface area contributed by atoms with Crippen molar-refractivity contribution < 1.29 is 18.9 Å². The molecule has 0 aromatic carbocycles. The smallest absolute Gasteiger partial charge is 0.303 e. The van der Waals surface area contributed by atoms with Gasteiger partial charge in [0.05, 0.1) is 6.10 Å². The van der Waals surface area contributed by atoms with Crippen molar-refractivity contribution in [2.75, 3.05) is 0 Å². The Morgan fingerprint density at radius 3 is 2.33 bits per heavy atom. The Bertz CT molecular complexity index is 138. The van der Waals surface area contributed by atoms with E-state index in [-0.39, 0.29) is 0 Å². The van der Waals surface area contributed by atoms with Crippen molar-refractivity contribution in [3.63, 3.8) is 0 Å². The molecule has 0 fully saturated rings. The quantitative estimate of drug-likeness (QED) is 0.460. The van der Waals surface area contributed by atoms with E-state index < -0.39 is 13.9 Å². The Hall–Kier alpha value is -0.150. The molecule has 0 aliphatic carbocycles. The normalized spacial score (nSPS) is 15.0. The molecule has 0 aromatic heterocycles. The summed E-state index contributed by atoms with van der Waals surface area (Å²) >= 11 is 0. The van der Waals surface area contributed by atoms with Crippen LogP contribution in [0.2, 0.25) is 0 Å². The number of phosphoric ester groups is 1. The van der Waals surface area contributed by atoms with Crippen LogP contribution in [0.3, 0.4) is 0 Å². The third-order valence-corrected chi connectivity index (χ3v) is 1.24. The van der Waals surface area contributed by atoms with Crippen LogP contribution in [0.4, 0.5) is 0 Å². The molecule has 0 spiro atoms. The van der Waals surface area contributed by atoms with E-state index in [0.29, 0.717) is 0 Å². The Morgan fingerprint density at radius 1 is 1.78 bits per heavy atom. The SMILES string of the molecule is C=CC(C)OP(=O)(O)O. The first-order chi connectivity index (χ1) is 3.95. The van der Waals surface area contributed by atoms with Crippen LogP contribution < -0.4 is 0 Å². The van der Waals surface area contributed by atoms with Gasteiger partial charge in [-0.3, -0.25) is 4.52 Å². The van der Waals surface area contributed by atoms with Crippen LogP contribution >= 0.6 is 7.82 Å². The van der Waals surface area contributed by atoms with E-state index in [9.17, 15) is 4.57 Å². The lowest BCUT2D eigenvalue weighted by Crippen LogP contribution is -2.00. The van der Waals surface area contributed by atoms with Crippen molar-refractivity contribution in [2.45, 2.75) is 13.0 Å². The highest BCUT2D eigenvalue weighted by Gasteiger charge is 2.15. The standard InChI is InChI=1S/C4H9O4P/c1-3-4(2)8-9(5,6)7/h3-4H,1H2,2H3,(H2,5,6,7). The first-order valence-electron chi connectivity index (χ1n) is 2.32. The van der Waals surface area contributed by atoms with E-state index in [1.807, 2.05) is 0 Å². The van der Waals surface area contributed by atoms with Crippen molar-refractivity contribution >= 4 is 7.82 Å². The van der Waals surface area contributed by atoms with E-state index in [4.69, 9.17) is 9.79 Å². The molecule has 0 amide bonds. The Kier molecular flexibility index (Phi) is 3.08. The minimum Gasteiger partial charge on any atom is -0.303 e. The Balaban J connectivity index is 3.74. The molecule has 1 unspecified atom stereocenters. The van der Waals surface area contributed by atoms with Gasteiger partial charge in [0.2, 0.25) is 0 Å². The third-order valence-electron chi connectivity index (χ3n) is 0.636. The zero-order valence-corrected chi connectivity index (χ0v) is 5.91. The van der Waals surface area contributed by atoms with Crippen LogP contribution in [-0.2, 0) is 9.09 Å². The minimum atomic E-state index is -4.31. The molecule has 0 saturated carbocycles. The first kappa shape index (κ1) is 8.85. The molecule has 0 aromatic rings. The maximum atomic E-state index is 10.0. The zero-order chi connectivity index (χ0) is 7.49. The van der Waals surface area contributed by atoms with Crippen molar-refractivity contribution in [3.05, 3.63) is 12.7 Å². The van der Waals surface area contributed by atoms with Crippen LogP contribution in [-0.4, -0.2) is 15.9 Å². The van der Waals surface area contributed by atoms with Crippen molar-refractivity contribution in [3.8, 4) is 0 Å². The molecule has 0 bridgehead atoms. The summed E-state index contributed by atoms with van der Waals surface area (Å²) in [6, 6.07) is 0. The zero-order valence-electron chi connectivity index (χ0n) is 5.02. The summed E-state index contributed by atoms with van der Waals surface area (Å²) < 4.78 is 14.2. The largest absolute Gasteiger partial charge is 0.470 e.